The Bertz CT molecular complexity index is 610. The van der Waals surface area contributed by atoms with Crippen molar-refractivity contribution in [2.45, 2.75) is 77.0 Å². The number of halogens is 2. The van der Waals surface area contributed by atoms with Gasteiger partial charge in [-0.1, -0.05) is 39.0 Å². The Labute approximate surface area is 150 Å². The maximum atomic E-state index is 13.9. The monoisotopic (exact) mass is 345 g/mol. The number of hydrogen-bond donors (Lipinski definition) is 0. The van der Waals surface area contributed by atoms with Crippen LogP contribution in [-0.4, -0.2) is 0 Å². The molecule has 0 aliphatic heterocycles. The van der Waals surface area contributed by atoms with Gasteiger partial charge in [-0.05, 0) is 73.5 Å². The lowest BCUT2D eigenvalue weighted by Crippen LogP contribution is -2.30. The van der Waals surface area contributed by atoms with Gasteiger partial charge in [0.2, 0.25) is 0 Å². The fourth-order valence-corrected chi connectivity index (χ4v) is 5.17. The lowest BCUT2D eigenvalue weighted by Gasteiger charge is -2.42. The first-order chi connectivity index (χ1) is 12.1. The van der Waals surface area contributed by atoms with Gasteiger partial charge < -0.3 is 0 Å². The minimum Gasteiger partial charge on any atom is -0.205 e. The van der Waals surface area contributed by atoms with Crippen molar-refractivity contribution in [2.24, 2.45) is 17.8 Å². The first-order valence-electron chi connectivity index (χ1n) is 10.0. The second-order valence-electron chi connectivity index (χ2n) is 8.18. The van der Waals surface area contributed by atoms with E-state index in [2.05, 4.69) is 6.92 Å². The molecule has 3 heteroatoms. The van der Waals surface area contributed by atoms with Crippen LogP contribution in [0.5, 0.6) is 0 Å². The Hall–Kier alpha value is -1.43. The molecule has 2 saturated carbocycles. The highest BCUT2D eigenvalue weighted by molar-refractivity contribution is 5.36. The van der Waals surface area contributed by atoms with Crippen LogP contribution < -0.4 is 0 Å². The van der Waals surface area contributed by atoms with Crippen LogP contribution in [0.15, 0.2) is 12.1 Å². The van der Waals surface area contributed by atoms with E-state index in [-0.39, 0.29) is 5.92 Å². The minimum atomic E-state index is -0.709. The number of unbranched alkanes of at least 4 members (excludes halogenated alkanes) is 2. The van der Waals surface area contributed by atoms with Gasteiger partial charge in [0.05, 0.1) is 0 Å². The van der Waals surface area contributed by atoms with E-state index >= 15 is 0 Å². The predicted octanol–water partition coefficient (Wildman–Crippen LogP) is 6.72. The molecule has 1 aromatic rings. The molecule has 2 fully saturated rings. The van der Waals surface area contributed by atoms with E-state index in [9.17, 15) is 8.78 Å². The first kappa shape index (κ1) is 18.4. The van der Waals surface area contributed by atoms with Gasteiger partial charge in [-0.3, -0.25) is 0 Å². The van der Waals surface area contributed by atoms with Crippen LogP contribution in [0.1, 0.15) is 88.2 Å². The van der Waals surface area contributed by atoms with E-state index in [0.29, 0.717) is 5.92 Å². The van der Waals surface area contributed by atoms with Crippen molar-refractivity contribution in [2.75, 3.05) is 0 Å². The smallest absolute Gasteiger partial charge is 0.144 e. The largest absolute Gasteiger partial charge is 0.205 e. The van der Waals surface area contributed by atoms with E-state index in [1.165, 1.54) is 63.5 Å². The normalized spacial score (nSPS) is 29.0. The zero-order valence-electron chi connectivity index (χ0n) is 15.2. The average molecular weight is 345 g/mol. The summed E-state index contributed by atoms with van der Waals surface area (Å²) < 4.78 is 27.9. The van der Waals surface area contributed by atoms with Gasteiger partial charge in [-0.25, -0.2) is 8.78 Å². The van der Waals surface area contributed by atoms with Gasteiger partial charge in [-0.2, -0.15) is 5.26 Å². The highest BCUT2D eigenvalue weighted by Crippen LogP contribution is 2.48. The van der Waals surface area contributed by atoms with E-state index in [4.69, 9.17) is 5.26 Å². The molecule has 2 aliphatic carbocycles. The van der Waals surface area contributed by atoms with Gasteiger partial charge in [0.15, 0.2) is 0 Å². The number of hydrogen-bond acceptors (Lipinski definition) is 1. The molecule has 0 amide bonds. The lowest BCUT2D eigenvalue weighted by molar-refractivity contribution is 0.113. The lowest BCUT2D eigenvalue weighted by atomic mass is 9.63. The molecule has 0 heterocycles. The van der Waals surface area contributed by atoms with Crippen molar-refractivity contribution >= 4 is 0 Å². The van der Waals surface area contributed by atoms with Crippen molar-refractivity contribution in [3.63, 3.8) is 0 Å². The molecule has 136 valence electrons. The second-order valence-corrected chi connectivity index (χ2v) is 8.18. The predicted molar refractivity (Wildman–Crippen MR) is 96.1 cm³/mol. The molecular weight excluding hydrogens is 316 g/mol. The molecule has 25 heavy (non-hydrogen) atoms. The Morgan fingerprint density at radius 1 is 1.00 bits per heavy atom. The number of fused-ring (bicyclic) bond motifs is 1. The number of benzene rings is 1. The van der Waals surface area contributed by atoms with Crippen LogP contribution in [0.3, 0.4) is 0 Å². The van der Waals surface area contributed by atoms with Crippen molar-refractivity contribution in [1.29, 1.82) is 5.26 Å². The molecule has 0 unspecified atom stereocenters. The standard InChI is InChI=1S/C22H29F2N/c1-2-3-4-5-15-6-7-17-11-18(9-8-16(17)10-15)19-12-21(23)20(14-25)22(24)13-19/h12-13,15-18H,2-11H2,1H3/t15-,16-,17-,18-/m1/s1. The fourth-order valence-electron chi connectivity index (χ4n) is 5.17. The minimum absolute atomic E-state index is 0.245. The van der Waals surface area contributed by atoms with Gasteiger partial charge in [0, 0.05) is 0 Å². The first-order valence-corrected chi connectivity index (χ1v) is 10.0. The molecule has 3 rings (SSSR count). The van der Waals surface area contributed by atoms with E-state index in [0.717, 1.165) is 30.2 Å². The molecule has 0 N–H and O–H groups in total. The summed E-state index contributed by atoms with van der Waals surface area (Å²) in [5.74, 6) is 1.25. The van der Waals surface area contributed by atoms with Crippen LogP contribution in [0.2, 0.25) is 0 Å². The van der Waals surface area contributed by atoms with Crippen LogP contribution in [-0.2, 0) is 0 Å². The summed E-state index contributed by atoms with van der Waals surface area (Å²) in [6.45, 7) is 2.26. The Morgan fingerprint density at radius 2 is 1.68 bits per heavy atom. The third-order valence-electron chi connectivity index (χ3n) is 6.59. The molecule has 0 radical (unpaired) electrons. The van der Waals surface area contributed by atoms with Gasteiger partial charge in [0.25, 0.3) is 0 Å². The molecule has 2 aliphatic rings. The molecule has 4 atom stereocenters. The van der Waals surface area contributed by atoms with Gasteiger partial charge >= 0.3 is 0 Å². The molecule has 0 aromatic heterocycles. The second kappa shape index (κ2) is 8.30. The molecule has 0 bridgehead atoms. The van der Waals surface area contributed by atoms with Crippen LogP contribution in [0.25, 0.3) is 0 Å². The number of rotatable bonds is 5. The third-order valence-corrected chi connectivity index (χ3v) is 6.59. The third kappa shape index (κ3) is 4.22. The summed E-state index contributed by atoms with van der Waals surface area (Å²) in [5.41, 5.74) is 0.294. The molecule has 1 aromatic carbocycles. The van der Waals surface area contributed by atoms with E-state index in [1.54, 1.807) is 6.07 Å². The van der Waals surface area contributed by atoms with Crippen LogP contribution in [0.4, 0.5) is 8.78 Å². The zero-order valence-corrected chi connectivity index (χ0v) is 15.2. The maximum Gasteiger partial charge on any atom is 0.144 e. The van der Waals surface area contributed by atoms with E-state index in [1.807, 2.05) is 0 Å². The maximum absolute atomic E-state index is 13.9. The molecule has 0 saturated heterocycles. The summed E-state index contributed by atoms with van der Waals surface area (Å²) in [7, 11) is 0. The van der Waals surface area contributed by atoms with Crippen molar-refractivity contribution in [1.82, 2.24) is 0 Å². The topological polar surface area (TPSA) is 23.8 Å². The average Bonchev–Trinajstić information content (AvgIpc) is 2.61. The summed E-state index contributed by atoms with van der Waals surface area (Å²) >= 11 is 0. The van der Waals surface area contributed by atoms with Crippen molar-refractivity contribution in [3.8, 4) is 6.07 Å². The summed E-state index contributed by atoms with van der Waals surface area (Å²) in [5, 5.41) is 8.83. The Morgan fingerprint density at radius 3 is 2.36 bits per heavy atom. The Balaban J connectivity index is 1.61. The number of nitrogens with zero attached hydrogens (tertiary/aromatic N) is 1. The molecular formula is C22H29F2N. The van der Waals surface area contributed by atoms with Gasteiger partial charge in [-0.15, -0.1) is 0 Å². The number of nitriles is 1. The fraction of sp³-hybridized carbons (Fsp3) is 0.682. The quantitative estimate of drug-likeness (QED) is 0.544. The van der Waals surface area contributed by atoms with Crippen molar-refractivity contribution in [3.05, 3.63) is 34.9 Å². The zero-order chi connectivity index (χ0) is 17.8. The molecule has 1 nitrogen and oxygen atoms in total. The summed E-state index contributed by atoms with van der Waals surface area (Å²) in [6, 6.07) is 4.40. The molecule has 0 spiro atoms. The Kier molecular flexibility index (Phi) is 6.10. The van der Waals surface area contributed by atoms with Crippen LogP contribution in [0, 0.1) is 40.7 Å². The van der Waals surface area contributed by atoms with Crippen molar-refractivity contribution < 1.29 is 8.78 Å². The summed E-state index contributed by atoms with van der Waals surface area (Å²) in [4.78, 5) is 0. The highest BCUT2D eigenvalue weighted by atomic mass is 19.1. The summed E-state index contributed by atoms with van der Waals surface area (Å²) in [6.07, 6.45) is 12.6. The van der Waals surface area contributed by atoms with Crippen LogP contribution >= 0.6 is 0 Å². The SMILES string of the molecule is CCCCC[C@@H]1CC[C@@H]2C[C@H](c3cc(F)c(C#N)c(F)c3)CC[C@@H]2C1. The highest BCUT2D eigenvalue weighted by Gasteiger charge is 2.36. The van der Waals surface area contributed by atoms with E-state index < -0.39 is 17.2 Å². The van der Waals surface area contributed by atoms with Gasteiger partial charge in [0.1, 0.15) is 23.3 Å².